The summed E-state index contributed by atoms with van der Waals surface area (Å²) in [5, 5.41) is 0.784. The molecule has 2 heterocycles. The van der Waals surface area contributed by atoms with E-state index in [1.165, 1.54) is 11.3 Å². The first-order chi connectivity index (χ1) is 10.1. The minimum Gasteiger partial charge on any atom is -0.368 e. The molecule has 3 rings (SSSR count). The van der Waals surface area contributed by atoms with Crippen molar-refractivity contribution in [2.75, 3.05) is 36.0 Å². The number of hydrogen-bond donors (Lipinski definition) is 0. The average Bonchev–Trinajstić information content (AvgIpc) is 2.48. The normalized spacial score (nSPS) is 15.4. The van der Waals surface area contributed by atoms with Gasteiger partial charge in [-0.15, -0.1) is 0 Å². The molecule has 110 valence electrons. The Kier molecular flexibility index (Phi) is 4.36. The number of piperazine rings is 1. The van der Waals surface area contributed by atoms with Gasteiger partial charge in [-0.05, 0) is 58.7 Å². The Balaban J connectivity index is 1.68. The second-order valence-corrected chi connectivity index (χ2v) is 6.60. The standard InChI is InChI=1S/C16H17BrClN3/c1-12-10-13(17)11-19-16(12)21-8-6-20(7-9-21)15-4-2-14(18)3-5-15/h2-5,10-11H,6-9H2,1H3. The molecule has 0 atom stereocenters. The summed E-state index contributed by atoms with van der Waals surface area (Å²) in [7, 11) is 0. The van der Waals surface area contributed by atoms with Gasteiger partial charge in [-0.3, -0.25) is 0 Å². The molecule has 1 saturated heterocycles. The van der Waals surface area contributed by atoms with Gasteiger partial charge >= 0.3 is 0 Å². The van der Waals surface area contributed by atoms with Crippen molar-refractivity contribution in [2.45, 2.75) is 6.92 Å². The van der Waals surface area contributed by atoms with E-state index in [1.54, 1.807) is 0 Å². The zero-order valence-corrected chi connectivity index (χ0v) is 14.2. The maximum absolute atomic E-state index is 5.95. The van der Waals surface area contributed by atoms with E-state index in [2.05, 4.69) is 55.8 Å². The summed E-state index contributed by atoms with van der Waals surface area (Å²) in [4.78, 5) is 9.30. The molecule has 1 aromatic heterocycles. The maximum Gasteiger partial charge on any atom is 0.131 e. The van der Waals surface area contributed by atoms with Gasteiger partial charge in [-0.2, -0.15) is 0 Å². The molecule has 1 aliphatic heterocycles. The molecule has 1 aromatic carbocycles. The number of rotatable bonds is 2. The van der Waals surface area contributed by atoms with Gasteiger partial charge in [0.1, 0.15) is 5.82 Å². The Labute approximate surface area is 138 Å². The van der Waals surface area contributed by atoms with Crippen LogP contribution in [0.2, 0.25) is 5.02 Å². The smallest absolute Gasteiger partial charge is 0.131 e. The summed E-state index contributed by atoms with van der Waals surface area (Å²) < 4.78 is 1.03. The van der Waals surface area contributed by atoms with Crippen LogP contribution in [0.4, 0.5) is 11.5 Å². The van der Waals surface area contributed by atoms with Crippen LogP contribution in [0.1, 0.15) is 5.56 Å². The largest absolute Gasteiger partial charge is 0.368 e. The Morgan fingerprint density at radius 3 is 2.29 bits per heavy atom. The van der Waals surface area contributed by atoms with Crippen LogP contribution >= 0.6 is 27.5 Å². The highest BCUT2D eigenvalue weighted by Crippen LogP contribution is 2.24. The number of halogens is 2. The topological polar surface area (TPSA) is 19.4 Å². The van der Waals surface area contributed by atoms with Gasteiger partial charge in [-0.25, -0.2) is 4.98 Å². The van der Waals surface area contributed by atoms with Crippen molar-refractivity contribution in [3.05, 3.63) is 51.6 Å². The van der Waals surface area contributed by atoms with Crippen LogP contribution in [0.15, 0.2) is 41.0 Å². The molecule has 2 aromatic rings. The molecule has 0 unspecified atom stereocenters. The second-order valence-electron chi connectivity index (χ2n) is 5.24. The van der Waals surface area contributed by atoms with Crippen molar-refractivity contribution in [3.63, 3.8) is 0 Å². The van der Waals surface area contributed by atoms with E-state index in [9.17, 15) is 0 Å². The van der Waals surface area contributed by atoms with Gasteiger partial charge in [0.25, 0.3) is 0 Å². The molecule has 0 bridgehead atoms. The third-order valence-corrected chi connectivity index (χ3v) is 4.47. The van der Waals surface area contributed by atoms with Crippen LogP contribution < -0.4 is 9.80 Å². The quantitative estimate of drug-likeness (QED) is 0.796. The summed E-state index contributed by atoms with van der Waals surface area (Å²) >= 11 is 9.41. The van der Waals surface area contributed by atoms with E-state index >= 15 is 0 Å². The van der Waals surface area contributed by atoms with E-state index in [0.717, 1.165) is 41.5 Å². The van der Waals surface area contributed by atoms with Gasteiger partial charge in [-0.1, -0.05) is 11.6 Å². The molecule has 0 amide bonds. The fourth-order valence-electron chi connectivity index (χ4n) is 2.69. The molecule has 1 fully saturated rings. The minimum absolute atomic E-state index is 0.784. The molecular formula is C16H17BrClN3. The Morgan fingerprint density at radius 2 is 1.67 bits per heavy atom. The lowest BCUT2D eigenvalue weighted by atomic mass is 10.2. The summed E-state index contributed by atoms with van der Waals surface area (Å²) in [6.45, 7) is 6.08. The Hall–Kier alpha value is -1.26. The van der Waals surface area contributed by atoms with Crippen LogP contribution in [0, 0.1) is 6.92 Å². The van der Waals surface area contributed by atoms with Crippen molar-refractivity contribution in [3.8, 4) is 0 Å². The Morgan fingerprint density at radius 1 is 1.05 bits per heavy atom. The third-order valence-electron chi connectivity index (χ3n) is 3.79. The maximum atomic E-state index is 5.95. The van der Waals surface area contributed by atoms with E-state index < -0.39 is 0 Å². The number of anilines is 2. The second kappa shape index (κ2) is 6.24. The average molecular weight is 367 g/mol. The molecule has 5 heteroatoms. The zero-order chi connectivity index (χ0) is 14.8. The zero-order valence-electron chi connectivity index (χ0n) is 11.9. The van der Waals surface area contributed by atoms with Crippen molar-refractivity contribution < 1.29 is 0 Å². The van der Waals surface area contributed by atoms with Gasteiger partial charge in [0.2, 0.25) is 0 Å². The lowest BCUT2D eigenvalue weighted by Crippen LogP contribution is -2.47. The van der Waals surface area contributed by atoms with E-state index in [4.69, 9.17) is 11.6 Å². The number of pyridine rings is 1. The SMILES string of the molecule is Cc1cc(Br)cnc1N1CCN(c2ccc(Cl)cc2)CC1. The number of nitrogens with zero attached hydrogens (tertiary/aromatic N) is 3. The predicted molar refractivity (Wildman–Crippen MR) is 92.6 cm³/mol. The van der Waals surface area contributed by atoms with Crippen molar-refractivity contribution in [2.24, 2.45) is 0 Å². The molecule has 0 radical (unpaired) electrons. The minimum atomic E-state index is 0.784. The first kappa shape index (κ1) is 14.7. The molecule has 0 N–H and O–H groups in total. The van der Waals surface area contributed by atoms with Crippen LogP contribution in [-0.4, -0.2) is 31.2 Å². The highest BCUT2D eigenvalue weighted by Gasteiger charge is 2.19. The number of aryl methyl sites for hydroxylation is 1. The molecular weight excluding hydrogens is 350 g/mol. The predicted octanol–water partition coefficient (Wildman–Crippen LogP) is 4.13. The number of aromatic nitrogens is 1. The van der Waals surface area contributed by atoms with Gasteiger partial charge in [0.15, 0.2) is 0 Å². The Bertz CT molecular complexity index is 622. The molecule has 21 heavy (non-hydrogen) atoms. The summed E-state index contributed by atoms with van der Waals surface area (Å²) in [6.07, 6.45) is 1.87. The third kappa shape index (κ3) is 3.33. The van der Waals surface area contributed by atoms with Gasteiger partial charge < -0.3 is 9.80 Å². The van der Waals surface area contributed by atoms with Gasteiger partial charge in [0, 0.05) is 47.6 Å². The monoisotopic (exact) mass is 365 g/mol. The lowest BCUT2D eigenvalue weighted by molar-refractivity contribution is 0.646. The van der Waals surface area contributed by atoms with Gasteiger partial charge in [0.05, 0.1) is 0 Å². The molecule has 3 nitrogen and oxygen atoms in total. The van der Waals surface area contributed by atoms with Crippen molar-refractivity contribution in [1.82, 2.24) is 4.98 Å². The summed E-state index contributed by atoms with van der Waals surface area (Å²) in [5.41, 5.74) is 2.45. The van der Waals surface area contributed by atoms with E-state index in [-0.39, 0.29) is 0 Å². The first-order valence-electron chi connectivity index (χ1n) is 7.01. The molecule has 0 saturated carbocycles. The molecule has 0 aliphatic carbocycles. The molecule has 0 spiro atoms. The highest BCUT2D eigenvalue weighted by atomic mass is 79.9. The number of benzene rings is 1. The fourth-order valence-corrected chi connectivity index (χ4v) is 3.26. The molecule has 1 aliphatic rings. The number of hydrogen-bond acceptors (Lipinski definition) is 3. The van der Waals surface area contributed by atoms with Crippen LogP contribution in [-0.2, 0) is 0 Å². The van der Waals surface area contributed by atoms with Crippen LogP contribution in [0.5, 0.6) is 0 Å². The first-order valence-corrected chi connectivity index (χ1v) is 8.18. The van der Waals surface area contributed by atoms with Crippen molar-refractivity contribution in [1.29, 1.82) is 0 Å². The highest BCUT2D eigenvalue weighted by molar-refractivity contribution is 9.10. The van der Waals surface area contributed by atoms with Crippen LogP contribution in [0.3, 0.4) is 0 Å². The fraction of sp³-hybridized carbons (Fsp3) is 0.312. The lowest BCUT2D eigenvalue weighted by Gasteiger charge is -2.37. The van der Waals surface area contributed by atoms with Crippen LogP contribution in [0.25, 0.3) is 0 Å². The van der Waals surface area contributed by atoms with Crippen molar-refractivity contribution >= 4 is 39.0 Å². The summed E-state index contributed by atoms with van der Waals surface area (Å²) in [6, 6.07) is 10.2. The summed E-state index contributed by atoms with van der Waals surface area (Å²) in [5.74, 6) is 1.09. The van der Waals surface area contributed by atoms with E-state index in [0.29, 0.717) is 0 Å². The van der Waals surface area contributed by atoms with E-state index in [1.807, 2.05) is 18.3 Å².